The molecule has 1 aliphatic rings. The van der Waals surface area contributed by atoms with E-state index < -0.39 is 0 Å². The number of dihydropyridines is 1. The van der Waals surface area contributed by atoms with Gasteiger partial charge in [-0.1, -0.05) is 109 Å². The van der Waals surface area contributed by atoms with Gasteiger partial charge in [0.15, 0.2) is 0 Å². The van der Waals surface area contributed by atoms with Gasteiger partial charge < -0.3 is 5.32 Å². The minimum absolute atomic E-state index is 0.863. The SMILES string of the molecule is Cc1c(C2=CCNC=C2)cccc1-c1c2ccccc2c(-c2ccc3ccccc3c2)c2ccccc12. The van der Waals surface area contributed by atoms with Crippen LogP contribution in [0.15, 0.2) is 128 Å². The monoisotopic (exact) mass is 473 g/mol. The maximum Gasteiger partial charge on any atom is 0.0334 e. The molecule has 1 N–H and O–H groups in total. The third kappa shape index (κ3) is 3.55. The summed E-state index contributed by atoms with van der Waals surface area (Å²) in [5.41, 5.74) is 9.05. The number of hydrogen-bond acceptors (Lipinski definition) is 1. The third-order valence-corrected chi connectivity index (χ3v) is 7.70. The second-order valence-corrected chi connectivity index (χ2v) is 9.78. The van der Waals surface area contributed by atoms with Crippen LogP contribution in [-0.4, -0.2) is 6.54 Å². The number of allylic oxidation sites excluding steroid dienone is 2. The average Bonchev–Trinajstić information content (AvgIpc) is 2.96. The molecule has 1 heterocycles. The van der Waals surface area contributed by atoms with E-state index >= 15 is 0 Å². The summed E-state index contributed by atoms with van der Waals surface area (Å²) in [5, 5.41) is 11.0. The lowest BCUT2D eigenvalue weighted by atomic mass is 9.83. The van der Waals surface area contributed by atoms with Crippen molar-refractivity contribution in [1.82, 2.24) is 5.32 Å². The van der Waals surface area contributed by atoms with Crippen LogP contribution in [0.1, 0.15) is 11.1 Å². The highest BCUT2D eigenvalue weighted by atomic mass is 14.8. The van der Waals surface area contributed by atoms with Gasteiger partial charge in [0.1, 0.15) is 0 Å². The summed E-state index contributed by atoms with van der Waals surface area (Å²) in [4.78, 5) is 0. The highest BCUT2D eigenvalue weighted by Crippen LogP contribution is 2.45. The summed E-state index contributed by atoms with van der Waals surface area (Å²) >= 11 is 0. The predicted molar refractivity (Wildman–Crippen MR) is 160 cm³/mol. The molecule has 0 radical (unpaired) electrons. The Kier molecular flexibility index (Phi) is 5.15. The smallest absolute Gasteiger partial charge is 0.0334 e. The summed E-state index contributed by atoms with van der Waals surface area (Å²) in [6.45, 7) is 3.13. The highest BCUT2D eigenvalue weighted by Gasteiger charge is 2.19. The Morgan fingerprint density at radius 1 is 0.568 bits per heavy atom. The number of benzene rings is 6. The molecule has 0 aromatic heterocycles. The van der Waals surface area contributed by atoms with E-state index in [1.807, 2.05) is 6.20 Å². The summed E-state index contributed by atoms with van der Waals surface area (Å²) in [6.07, 6.45) is 6.49. The molecule has 1 nitrogen and oxygen atoms in total. The molecule has 0 amide bonds. The summed E-state index contributed by atoms with van der Waals surface area (Å²) in [6, 6.07) is 40.0. The molecule has 7 rings (SSSR count). The number of nitrogens with one attached hydrogen (secondary N) is 1. The van der Waals surface area contributed by atoms with E-state index in [9.17, 15) is 0 Å². The molecule has 0 fully saturated rings. The molecular weight excluding hydrogens is 446 g/mol. The van der Waals surface area contributed by atoms with Crippen LogP contribution in [0.2, 0.25) is 0 Å². The summed E-state index contributed by atoms with van der Waals surface area (Å²) < 4.78 is 0. The van der Waals surface area contributed by atoms with Crippen LogP contribution >= 0.6 is 0 Å². The van der Waals surface area contributed by atoms with Gasteiger partial charge in [-0.3, -0.25) is 0 Å². The van der Waals surface area contributed by atoms with Gasteiger partial charge in [-0.05, 0) is 96.5 Å². The Labute approximate surface area is 217 Å². The van der Waals surface area contributed by atoms with Crippen molar-refractivity contribution in [2.45, 2.75) is 6.92 Å². The molecule has 0 saturated heterocycles. The van der Waals surface area contributed by atoms with Gasteiger partial charge in [0.25, 0.3) is 0 Å². The summed E-state index contributed by atoms with van der Waals surface area (Å²) in [7, 11) is 0. The highest BCUT2D eigenvalue weighted by molar-refractivity contribution is 6.22. The van der Waals surface area contributed by atoms with Crippen LogP contribution in [0, 0.1) is 6.92 Å². The van der Waals surface area contributed by atoms with Gasteiger partial charge in [-0.25, -0.2) is 0 Å². The first-order chi connectivity index (χ1) is 18.3. The van der Waals surface area contributed by atoms with Gasteiger partial charge in [0.2, 0.25) is 0 Å². The minimum Gasteiger partial charge on any atom is -0.387 e. The maximum absolute atomic E-state index is 3.27. The minimum atomic E-state index is 0.863. The Bertz CT molecular complexity index is 1830. The third-order valence-electron chi connectivity index (χ3n) is 7.70. The number of rotatable bonds is 3. The Balaban J connectivity index is 1.57. The van der Waals surface area contributed by atoms with Crippen molar-refractivity contribution in [3.63, 3.8) is 0 Å². The summed E-state index contributed by atoms with van der Waals surface area (Å²) in [5.74, 6) is 0. The average molecular weight is 474 g/mol. The molecule has 0 spiro atoms. The lowest BCUT2D eigenvalue weighted by molar-refractivity contribution is 0.975. The zero-order chi connectivity index (χ0) is 24.8. The second-order valence-electron chi connectivity index (χ2n) is 9.78. The quantitative estimate of drug-likeness (QED) is 0.253. The zero-order valence-corrected chi connectivity index (χ0v) is 20.8. The van der Waals surface area contributed by atoms with Crippen molar-refractivity contribution in [3.8, 4) is 22.3 Å². The van der Waals surface area contributed by atoms with Crippen molar-refractivity contribution in [1.29, 1.82) is 0 Å². The van der Waals surface area contributed by atoms with Crippen LogP contribution < -0.4 is 5.32 Å². The van der Waals surface area contributed by atoms with Crippen LogP contribution in [0.25, 0.3) is 60.1 Å². The molecule has 6 aromatic rings. The van der Waals surface area contributed by atoms with Crippen molar-refractivity contribution in [3.05, 3.63) is 139 Å². The van der Waals surface area contributed by atoms with E-state index in [1.165, 1.54) is 71.3 Å². The normalized spacial score (nSPS) is 13.2. The fourth-order valence-corrected chi connectivity index (χ4v) is 5.95. The van der Waals surface area contributed by atoms with E-state index in [0.717, 1.165) is 6.54 Å². The number of hydrogen-bond donors (Lipinski definition) is 1. The molecule has 0 bridgehead atoms. The van der Waals surface area contributed by atoms with Gasteiger partial charge >= 0.3 is 0 Å². The molecule has 0 atom stereocenters. The van der Waals surface area contributed by atoms with Gasteiger partial charge in [0.05, 0.1) is 0 Å². The van der Waals surface area contributed by atoms with Crippen LogP contribution in [0.3, 0.4) is 0 Å². The van der Waals surface area contributed by atoms with E-state index in [4.69, 9.17) is 0 Å². The molecule has 37 heavy (non-hydrogen) atoms. The molecule has 176 valence electrons. The van der Waals surface area contributed by atoms with Crippen LogP contribution in [0.5, 0.6) is 0 Å². The number of fused-ring (bicyclic) bond motifs is 3. The first-order valence-electron chi connectivity index (χ1n) is 12.9. The largest absolute Gasteiger partial charge is 0.387 e. The van der Waals surface area contributed by atoms with E-state index in [-0.39, 0.29) is 0 Å². The standard InChI is InChI=1S/C36H27N/c1-24-29(26-19-21-37-22-20-26)15-8-16-30(24)36-33-13-6-4-11-31(33)35(32-12-5-7-14-34(32)36)28-18-17-25-9-2-3-10-27(25)23-28/h2-21,23,37H,22H2,1H3. The van der Waals surface area contributed by atoms with Crippen molar-refractivity contribution in [2.24, 2.45) is 0 Å². The van der Waals surface area contributed by atoms with Gasteiger partial charge in [-0.2, -0.15) is 0 Å². The van der Waals surface area contributed by atoms with Crippen molar-refractivity contribution >= 4 is 37.9 Å². The van der Waals surface area contributed by atoms with Gasteiger partial charge in [-0.15, -0.1) is 0 Å². The fraction of sp³-hybridized carbons (Fsp3) is 0.0556. The zero-order valence-electron chi connectivity index (χ0n) is 20.8. The lowest BCUT2D eigenvalue weighted by Crippen LogP contribution is -2.08. The predicted octanol–water partition coefficient (Wildman–Crippen LogP) is 9.29. The fourth-order valence-electron chi connectivity index (χ4n) is 5.95. The lowest BCUT2D eigenvalue weighted by Gasteiger charge is -2.20. The molecule has 0 saturated carbocycles. The molecule has 6 aromatic carbocycles. The molecule has 1 aliphatic heterocycles. The molecular formula is C36H27N. The van der Waals surface area contributed by atoms with Crippen molar-refractivity contribution < 1.29 is 0 Å². The molecule has 0 unspecified atom stereocenters. The molecule has 0 aliphatic carbocycles. The first kappa shape index (κ1) is 21.6. The Morgan fingerprint density at radius 2 is 1.19 bits per heavy atom. The molecule has 1 heteroatoms. The maximum atomic E-state index is 3.27. The van der Waals surface area contributed by atoms with Gasteiger partial charge in [0, 0.05) is 6.54 Å². The van der Waals surface area contributed by atoms with E-state index in [0.29, 0.717) is 0 Å². The van der Waals surface area contributed by atoms with Crippen molar-refractivity contribution in [2.75, 3.05) is 6.54 Å². The first-order valence-corrected chi connectivity index (χ1v) is 12.9. The van der Waals surface area contributed by atoms with E-state index in [1.54, 1.807) is 0 Å². The second kappa shape index (κ2) is 8.80. The van der Waals surface area contributed by atoms with Crippen LogP contribution in [-0.2, 0) is 0 Å². The topological polar surface area (TPSA) is 12.0 Å². The van der Waals surface area contributed by atoms with Crippen LogP contribution in [0.4, 0.5) is 0 Å². The Morgan fingerprint density at radius 3 is 1.86 bits per heavy atom. The Hall–Kier alpha value is -4.62. The van der Waals surface area contributed by atoms with E-state index in [2.05, 4.69) is 134 Å².